The highest BCUT2D eigenvalue weighted by molar-refractivity contribution is 6.34. The highest BCUT2D eigenvalue weighted by Crippen LogP contribution is 2.28. The quantitative estimate of drug-likeness (QED) is 0.729. The lowest BCUT2D eigenvalue weighted by Gasteiger charge is -2.15. The third-order valence-electron chi connectivity index (χ3n) is 3.14. The minimum Gasteiger partial charge on any atom is -0.293 e. The average molecular weight is 277 g/mol. The molecule has 0 fully saturated rings. The SMILES string of the molecule is CCC(C(=O)c1cccc(F)c1Cl)c1ccccc1. The van der Waals surface area contributed by atoms with E-state index < -0.39 is 5.82 Å². The van der Waals surface area contributed by atoms with Gasteiger partial charge in [0.25, 0.3) is 0 Å². The zero-order valence-electron chi connectivity index (χ0n) is 10.6. The molecule has 1 unspecified atom stereocenters. The van der Waals surface area contributed by atoms with Crippen LogP contribution in [0.25, 0.3) is 0 Å². The Morgan fingerprint density at radius 1 is 1.16 bits per heavy atom. The fourth-order valence-electron chi connectivity index (χ4n) is 2.14. The molecule has 0 saturated carbocycles. The van der Waals surface area contributed by atoms with Crippen LogP contribution < -0.4 is 0 Å². The van der Waals surface area contributed by atoms with Crippen LogP contribution in [0.15, 0.2) is 48.5 Å². The number of carbonyl (C=O) groups excluding carboxylic acids is 1. The first-order chi connectivity index (χ1) is 9.15. The summed E-state index contributed by atoms with van der Waals surface area (Å²) in [6, 6.07) is 13.8. The molecule has 2 aromatic carbocycles. The lowest BCUT2D eigenvalue weighted by molar-refractivity contribution is 0.0957. The first-order valence-corrected chi connectivity index (χ1v) is 6.56. The number of rotatable bonds is 4. The molecule has 0 heterocycles. The summed E-state index contributed by atoms with van der Waals surface area (Å²) in [5, 5.41) is -0.0955. The maximum absolute atomic E-state index is 13.4. The van der Waals surface area contributed by atoms with Gasteiger partial charge in [0, 0.05) is 11.5 Å². The van der Waals surface area contributed by atoms with Crippen LogP contribution in [0.1, 0.15) is 35.2 Å². The van der Waals surface area contributed by atoms with Gasteiger partial charge in [-0.1, -0.05) is 54.9 Å². The fourth-order valence-corrected chi connectivity index (χ4v) is 2.36. The minimum absolute atomic E-state index is 0.0955. The molecule has 2 rings (SSSR count). The van der Waals surface area contributed by atoms with Crippen molar-refractivity contribution in [1.82, 2.24) is 0 Å². The van der Waals surface area contributed by atoms with E-state index in [-0.39, 0.29) is 22.3 Å². The molecule has 0 N–H and O–H groups in total. The van der Waals surface area contributed by atoms with Crippen molar-refractivity contribution in [2.24, 2.45) is 0 Å². The number of hydrogen-bond donors (Lipinski definition) is 0. The number of Topliss-reactive ketones (excluding diaryl/α,β-unsaturated/α-hetero) is 1. The summed E-state index contributed by atoms with van der Waals surface area (Å²) in [5.74, 6) is -0.992. The Balaban J connectivity index is 2.39. The molecule has 3 heteroatoms. The Bertz CT molecular complexity index is 581. The Kier molecular flexibility index (Phi) is 4.33. The van der Waals surface area contributed by atoms with Crippen molar-refractivity contribution in [3.63, 3.8) is 0 Å². The second kappa shape index (κ2) is 5.98. The van der Waals surface area contributed by atoms with Crippen molar-refractivity contribution in [3.8, 4) is 0 Å². The topological polar surface area (TPSA) is 17.1 Å². The van der Waals surface area contributed by atoms with Gasteiger partial charge in [0.1, 0.15) is 5.82 Å². The van der Waals surface area contributed by atoms with Crippen LogP contribution in [0.2, 0.25) is 5.02 Å². The summed E-state index contributed by atoms with van der Waals surface area (Å²) in [6.07, 6.45) is 0.649. The molecule has 98 valence electrons. The van der Waals surface area contributed by atoms with E-state index in [9.17, 15) is 9.18 Å². The summed E-state index contributed by atoms with van der Waals surface area (Å²) in [6.45, 7) is 1.93. The van der Waals surface area contributed by atoms with Gasteiger partial charge in [0.15, 0.2) is 5.78 Å². The van der Waals surface area contributed by atoms with Crippen molar-refractivity contribution < 1.29 is 9.18 Å². The van der Waals surface area contributed by atoms with Crippen molar-refractivity contribution in [1.29, 1.82) is 0 Å². The van der Waals surface area contributed by atoms with E-state index in [4.69, 9.17) is 11.6 Å². The number of ketones is 1. The van der Waals surface area contributed by atoms with Gasteiger partial charge in [0.2, 0.25) is 0 Å². The van der Waals surface area contributed by atoms with Crippen LogP contribution in [0.5, 0.6) is 0 Å². The van der Waals surface area contributed by atoms with Gasteiger partial charge in [-0.05, 0) is 24.1 Å². The number of carbonyl (C=O) groups is 1. The summed E-state index contributed by atoms with van der Waals surface area (Å²) >= 11 is 5.88. The van der Waals surface area contributed by atoms with E-state index in [0.717, 1.165) is 5.56 Å². The molecule has 0 radical (unpaired) electrons. The van der Waals surface area contributed by atoms with Crippen LogP contribution in [0.4, 0.5) is 4.39 Å². The number of halogens is 2. The van der Waals surface area contributed by atoms with Crippen LogP contribution in [-0.2, 0) is 0 Å². The van der Waals surface area contributed by atoms with Gasteiger partial charge in [-0.2, -0.15) is 0 Å². The Morgan fingerprint density at radius 2 is 1.84 bits per heavy atom. The molecule has 19 heavy (non-hydrogen) atoms. The molecule has 2 aromatic rings. The molecule has 0 aliphatic carbocycles. The number of hydrogen-bond acceptors (Lipinski definition) is 1. The van der Waals surface area contributed by atoms with E-state index in [1.165, 1.54) is 12.1 Å². The van der Waals surface area contributed by atoms with Crippen molar-refractivity contribution >= 4 is 17.4 Å². The van der Waals surface area contributed by atoms with Crippen LogP contribution >= 0.6 is 11.6 Å². The fraction of sp³-hybridized carbons (Fsp3) is 0.188. The van der Waals surface area contributed by atoms with Crippen LogP contribution in [0.3, 0.4) is 0 Å². The van der Waals surface area contributed by atoms with Crippen LogP contribution in [0, 0.1) is 5.82 Å². The van der Waals surface area contributed by atoms with E-state index >= 15 is 0 Å². The molecule has 0 aliphatic heterocycles. The first kappa shape index (κ1) is 13.8. The summed E-state index contributed by atoms with van der Waals surface area (Å²) in [5.41, 5.74) is 1.17. The predicted octanol–water partition coefficient (Wildman–Crippen LogP) is 4.86. The van der Waals surface area contributed by atoms with Gasteiger partial charge in [-0.25, -0.2) is 4.39 Å². The average Bonchev–Trinajstić information content (AvgIpc) is 2.44. The third-order valence-corrected chi connectivity index (χ3v) is 3.53. The van der Waals surface area contributed by atoms with E-state index in [1.54, 1.807) is 6.07 Å². The van der Waals surface area contributed by atoms with Crippen LogP contribution in [-0.4, -0.2) is 5.78 Å². The smallest absolute Gasteiger partial charge is 0.171 e. The van der Waals surface area contributed by atoms with Gasteiger partial charge >= 0.3 is 0 Å². The van der Waals surface area contributed by atoms with Gasteiger partial charge in [-0.15, -0.1) is 0 Å². The Morgan fingerprint density at radius 3 is 2.47 bits per heavy atom. The lowest BCUT2D eigenvalue weighted by atomic mass is 9.88. The monoisotopic (exact) mass is 276 g/mol. The first-order valence-electron chi connectivity index (χ1n) is 6.18. The van der Waals surface area contributed by atoms with E-state index in [1.807, 2.05) is 37.3 Å². The molecular weight excluding hydrogens is 263 g/mol. The molecule has 0 aliphatic rings. The second-order valence-corrected chi connectivity index (χ2v) is 4.72. The standard InChI is InChI=1S/C16H14ClFO/c1-2-12(11-7-4-3-5-8-11)16(19)13-9-6-10-14(18)15(13)17/h3-10,12H,2H2,1H3. The molecule has 1 atom stereocenters. The molecule has 0 aromatic heterocycles. The molecule has 0 bridgehead atoms. The van der Waals surface area contributed by atoms with E-state index in [2.05, 4.69) is 0 Å². The zero-order valence-corrected chi connectivity index (χ0v) is 11.3. The highest BCUT2D eigenvalue weighted by Gasteiger charge is 2.23. The van der Waals surface area contributed by atoms with Crippen molar-refractivity contribution in [3.05, 3.63) is 70.5 Å². The highest BCUT2D eigenvalue weighted by atomic mass is 35.5. The van der Waals surface area contributed by atoms with Gasteiger partial charge in [0.05, 0.1) is 5.02 Å². The summed E-state index contributed by atoms with van der Waals surface area (Å²) in [4.78, 5) is 12.5. The normalized spacial score (nSPS) is 12.2. The van der Waals surface area contributed by atoms with Crippen molar-refractivity contribution in [2.75, 3.05) is 0 Å². The number of benzene rings is 2. The molecule has 0 saturated heterocycles. The molecule has 1 nitrogen and oxygen atoms in total. The van der Waals surface area contributed by atoms with Crippen molar-refractivity contribution in [2.45, 2.75) is 19.3 Å². The lowest BCUT2D eigenvalue weighted by Crippen LogP contribution is -2.13. The maximum Gasteiger partial charge on any atom is 0.171 e. The molecule has 0 amide bonds. The van der Waals surface area contributed by atoms with Gasteiger partial charge in [-0.3, -0.25) is 4.79 Å². The predicted molar refractivity (Wildman–Crippen MR) is 75.2 cm³/mol. The summed E-state index contributed by atoms with van der Waals surface area (Å²) in [7, 11) is 0. The third kappa shape index (κ3) is 2.85. The summed E-state index contributed by atoms with van der Waals surface area (Å²) < 4.78 is 13.4. The largest absolute Gasteiger partial charge is 0.293 e. The van der Waals surface area contributed by atoms with E-state index in [0.29, 0.717) is 6.42 Å². The minimum atomic E-state index is -0.560. The molecular formula is C16H14ClFO. The Hall–Kier alpha value is -1.67. The molecule has 0 spiro atoms. The van der Waals surface area contributed by atoms with Gasteiger partial charge < -0.3 is 0 Å². The maximum atomic E-state index is 13.4. The second-order valence-electron chi connectivity index (χ2n) is 4.34. The zero-order chi connectivity index (χ0) is 13.8. The Labute approximate surface area is 117 Å².